The minimum Gasteiger partial charge on any atom is -0.354 e. The van der Waals surface area contributed by atoms with Gasteiger partial charge in [-0.15, -0.1) is 0 Å². The zero-order valence-corrected chi connectivity index (χ0v) is 15.2. The number of rotatable bonds is 3. The first-order valence-corrected chi connectivity index (χ1v) is 9.54. The lowest BCUT2D eigenvalue weighted by Crippen LogP contribution is -2.45. The first kappa shape index (κ1) is 16.4. The summed E-state index contributed by atoms with van der Waals surface area (Å²) in [6.45, 7) is 5.72. The van der Waals surface area contributed by atoms with Crippen molar-refractivity contribution < 1.29 is 4.79 Å². The molecule has 134 valence electrons. The minimum absolute atomic E-state index is 0.0388. The highest BCUT2D eigenvalue weighted by Crippen LogP contribution is 2.32. The Labute approximate surface area is 148 Å². The van der Waals surface area contributed by atoms with Crippen molar-refractivity contribution in [2.45, 2.75) is 58.4 Å². The van der Waals surface area contributed by atoms with E-state index in [1.165, 1.54) is 24.1 Å². The molecule has 2 aromatic heterocycles. The first-order chi connectivity index (χ1) is 12.1. The second-order valence-corrected chi connectivity index (χ2v) is 7.62. The van der Waals surface area contributed by atoms with Gasteiger partial charge in [0.2, 0.25) is 5.91 Å². The van der Waals surface area contributed by atoms with Crippen molar-refractivity contribution >= 4 is 17.2 Å². The average molecular weight is 341 g/mol. The van der Waals surface area contributed by atoms with Gasteiger partial charge in [0.05, 0.1) is 11.6 Å². The van der Waals surface area contributed by atoms with Gasteiger partial charge in [0.15, 0.2) is 5.82 Å². The van der Waals surface area contributed by atoms with Crippen molar-refractivity contribution in [1.82, 2.24) is 19.9 Å². The molecule has 1 fully saturated rings. The second-order valence-electron chi connectivity index (χ2n) is 7.62. The van der Waals surface area contributed by atoms with E-state index in [9.17, 15) is 4.79 Å². The van der Waals surface area contributed by atoms with Crippen molar-refractivity contribution in [3.8, 4) is 0 Å². The normalized spacial score (nSPS) is 20.8. The molecule has 1 unspecified atom stereocenters. The molecular weight excluding hydrogens is 314 g/mol. The van der Waals surface area contributed by atoms with Crippen molar-refractivity contribution in [3.63, 3.8) is 0 Å². The molecule has 0 bridgehead atoms. The van der Waals surface area contributed by atoms with Gasteiger partial charge in [0, 0.05) is 37.1 Å². The van der Waals surface area contributed by atoms with Crippen LogP contribution in [0.5, 0.6) is 0 Å². The van der Waals surface area contributed by atoms with E-state index >= 15 is 0 Å². The summed E-state index contributed by atoms with van der Waals surface area (Å²) < 4.78 is 2.00. The molecule has 3 heterocycles. The molecule has 25 heavy (non-hydrogen) atoms. The molecule has 1 aliphatic carbocycles. The molecule has 1 saturated heterocycles. The van der Waals surface area contributed by atoms with Crippen LogP contribution in [0.15, 0.2) is 12.4 Å². The lowest BCUT2D eigenvalue weighted by molar-refractivity contribution is -0.125. The maximum absolute atomic E-state index is 12.5. The largest absolute Gasteiger partial charge is 0.354 e. The monoisotopic (exact) mass is 341 g/mol. The molecule has 0 saturated carbocycles. The average Bonchev–Trinajstić information content (AvgIpc) is 3.00. The number of anilines is 1. The van der Waals surface area contributed by atoms with Gasteiger partial charge in [0.1, 0.15) is 5.52 Å². The molecule has 1 aliphatic heterocycles. The molecule has 1 amide bonds. The fraction of sp³-hybridized carbons (Fsp3) is 0.632. The summed E-state index contributed by atoms with van der Waals surface area (Å²) in [5.74, 6) is 1.21. The number of hydrogen-bond acceptors (Lipinski definition) is 4. The van der Waals surface area contributed by atoms with Crippen LogP contribution >= 0.6 is 0 Å². The van der Waals surface area contributed by atoms with Gasteiger partial charge in [-0.3, -0.25) is 4.79 Å². The summed E-state index contributed by atoms with van der Waals surface area (Å²) >= 11 is 0. The van der Waals surface area contributed by atoms with Crippen molar-refractivity contribution in [3.05, 3.63) is 23.7 Å². The van der Waals surface area contributed by atoms with Crippen molar-refractivity contribution in [2.75, 3.05) is 18.0 Å². The van der Waals surface area contributed by atoms with Crippen molar-refractivity contribution in [1.29, 1.82) is 0 Å². The maximum atomic E-state index is 12.5. The predicted molar refractivity (Wildman–Crippen MR) is 97.8 cm³/mol. The van der Waals surface area contributed by atoms with E-state index in [-0.39, 0.29) is 17.9 Å². The molecule has 6 nitrogen and oxygen atoms in total. The molecule has 1 atom stereocenters. The number of aromatic nitrogens is 3. The molecule has 2 aliphatic rings. The predicted octanol–water partition coefficient (Wildman–Crippen LogP) is 2.35. The molecular formula is C19H27N5O. The lowest BCUT2D eigenvalue weighted by atomic mass is 9.95. The summed E-state index contributed by atoms with van der Waals surface area (Å²) in [5, 5.41) is 7.84. The molecule has 1 N–H and O–H groups in total. The fourth-order valence-corrected chi connectivity index (χ4v) is 4.16. The summed E-state index contributed by atoms with van der Waals surface area (Å²) in [6.07, 6.45) is 10.4. The van der Waals surface area contributed by atoms with Gasteiger partial charge in [-0.25, -0.2) is 9.50 Å². The first-order valence-electron chi connectivity index (χ1n) is 9.54. The van der Waals surface area contributed by atoms with E-state index in [1.807, 2.05) is 30.8 Å². The smallest absolute Gasteiger partial charge is 0.225 e. The van der Waals surface area contributed by atoms with Gasteiger partial charge < -0.3 is 10.2 Å². The molecule has 0 aromatic carbocycles. The number of carbonyl (C=O) groups excluding carboxylic acids is 1. The molecule has 0 radical (unpaired) electrons. The van der Waals surface area contributed by atoms with Crippen LogP contribution in [-0.2, 0) is 17.6 Å². The number of hydrogen-bond donors (Lipinski definition) is 1. The summed E-state index contributed by atoms with van der Waals surface area (Å²) in [6, 6.07) is 0.186. The third kappa shape index (κ3) is 3.10. The van der Waals surface area contributed by atoms with Crippen LogP contribution in [0.3, 0.4) is 0 Å². The Balaban J connectivity index is 1.65. The number of piperidine rings is 1. The van der Waals surface area contributed by atoms with Crippen LogP contribution in [0, 0.1) is 5.92 Å². The van der Waals surface area contributed by atoms with E-state index in [1.54, 1.807) is 0 Å². The molecule has 2 aromatic rings. The van der Waals surface area contributed by atoms with Gasteiger partial charge in [-0.1, -0.05) is 0 Å². The topological polar surface area (TPSA) is 62.5 Å². The van der Waals surface area contributed by atoms with Gasteiger partial charge in [-0.2, -0.15) is 5.10 Å². The van der Waals surface area contributed by atoms with Gasteiger partial charge in [0.25, 0.3) is 0 Å². The van der Waals surface area contributed by atoms with Gasteiger partial charge in [-0.05, 0) is 52.4 Å². The third-order valence-corrected chi connectivity index (χ3v) is 5.32. The summed E-state index contributed by atoms with van der Waals surface area (Å²) in [5.41, 5.74) is 3.75. The standard InChI is InChI=1S/C19H27N5O/c1-13(2)21-19(25)14-6-5-10-23(12-14)18-17-15-7-3-4-8-16(15)22-24(17)11-9-20-18/h9,11,13-14H,3-8,10,12H2,1-2H3,(H,21,25). The maximum Gasteiger partial charge on any atom is 0.225 e. The lowest BCUT2D eigenvalue weighted by Gasteiger charge is -2.33. The number of fused-ring (bicyclic) bond motifs is 3. The fourth-order valence-electron chi connectivity index (χ4n) is 4.16. The number of aryl methyl sites for hydroxylation is 2. The Morgan fingerprint density at radius 3 is 2.96 bits per heavy atom. The second kappa shape index (κ2) is 6.65. The van der Waals surface area contributed by atoms with Crippen molar-refractivity contribution in [2.24, 2.45) is 5.92 Å². The number of amides is 1. The van der Waals surface area contributed by atoms with Crippen LogP contribution in [0.4, 0.5) is 5.82 Å². The van der Waals surface area contributed by atoms with E-state index in [4.69, 9.17) is 10.1 Å². The molecule has 0 spiro atoms. The zero-order valence-electron chi connectivity index (χ0n) is 15.2. The Morgan fingerprint density at radius 2 is 2.12 bits per heavy atom. The van der Waals surface area contributed by atoms with Crippen LogP contribution in [-0.4, -0.2) is 39.6 Å². The number of nitrogens with one attached hydrogen (secondary N) is 1. The number of carbonyl (C=O) groups is 1. The van der Waals surface area contributed by atoms with E-state index in [2.05, 4.69) is 10.2 Å². The third-order valence-electron chi connectivity index (χ3n) is 5.32. The van der Waals surface area contributed by atoms with E-state index in [0.717, 1.165) is 50.1 Å². The SMILES string of the molecule is CC(C)NC(=O)C1CCCN(c2nccn3nc4c(c23)CCCC4)C1. The highest BCUT2D eigenvalue weighted by atomic mass is 16.2. The zero-order chi connectivity index (χ0) is 17.4. The molecule has 6 heteroatoms. The van der Waals surface area contributed by atoms with Crippen LogP contribution in [0.2, 0.25) is 0 Å². The summed E-state index contributed by atoms with van der Waals surface area (Å²) in [7, 11) is 0. The van der Waals surface area contributed by atoms with Crippen LogP contribution in [0.1, 0.15) is 50.8 Å². The Morgan fingerprint density at radius 1 is 1.28 bits per heavy atom. The highest BCUT2D eigenvalue weighted by Gasteiger charge is 2.29. The highest BCUT2D eigenvalue weighted by molar-refractivity contribution is 5.81. The van der Waals surface area contributed by atoms with Gasteiger partial charge >= 0.3 is 0 Å². The Bertz CT molecular complexity index is 781. The summed E-state index contributed by atoms with van der Waals surface area (Å²) in [4.78, 5) is 19.4. The van der Waals surface area contributed by atoms with Crippen LogP contribution in [0.25, 0.3) is 5.52 Å². The molecule has 4 rings (SSSR count). The quantitative estimate of drug-likeness (QED) is 0.931. The van der Waals surface area contributed by atoms with E-state index < -0.39 is 0 Å². The Hall–Kier alpha value is -2.11. The number of nitrogens with zero attached hydrogens (tertiary/aromatic N) is 4. The Kier molecular flexibility index (Phi) is 4.36. The van der Waals surface area contributed by atoms with E-state index in [0.29, 0.717) is 0 Å². The minimum atomic E-state index is 0.0388. The van der Waals surface area contributed by atoms with Crippen LogP contribution < -0.4 is 10.2 Å².